The van der Waals surface area contributed by atoms with Crippen LogP contribution in [0, 0.1) is 0 Å². The minimum Gasteiger partial charge on any atom is -0.335 e. The molecule has 4 heterocycles. The summed E-state index contributed by atoms with van der Waals surface area (Å²) in [6.07, 6.45) is -6.14. The quantitative estimate of drug-likeness (QED) is 0.653. The lowest BCUT2D eigenvalue weighted by Crippen LogP contribution is -2.42. The molecule has 0 bridgehead atoms. The second kappa shape index (κ2) is 7.88. The van der Waals surface area contributed by atoms with Gasteiger partial charge in [-0.3, -0.25) is 14.3 Å². The average Bonchev–Trinajstić information content (AvgIpc) is 3.21. The van der Waals surface area contributed by atoms with Gasteiger partial charge in [-0.1, -0.05) is 11.6 Å². The first-order valence-electron chi connectivity index (χ1n) is 9.53. The van der Waals surface area contributed by atoms with Crippen molar-refractivity contribution in [2.24, 2.45) is 0 Å². The number of fused-ring (bicyclic) bond motifs is 1. The molecule has 0 aromatic carbocycles. The second-order valence-electron chi connectivity index (χ2n) is 7.53. The van der Waals surface area contributed by atoms with Crippen LogP contribution in [0.5, 0.6) is 0 Å². The molecule has 3 unspecified atom stereocenters. The first-order chi connectivity index (χ1) is 14.6. The molecule has 2 aliphatic rings. The van der Waals surface area contributed by atoms with E-state index in [-0.39, 0.29) is 17.9 Å². The Kier molecular flexibility index (Phi) is 5.52. The summed E-state index contributed by atoms with van der Waals surface area (Å²) in [6.45, 7) is -1.21. The zero-order chi connectivity index (χ0) is 22.5. The van der Waals surface area contributed by atoms with Crippen molar-refractivity contribution < 1.29 is 26.7 Å². The van der Waals surface area contributed by atoms with Crippen LogP contribution in [0.3, 0.4) is 0 Å². The van der Waals surface area contributed by atoms with Gasteiger partial charge in [-0.15, -0.1) is 0 Å². The summed E-state index contributed by atoms with van der Waals surface area (Å²) >= 11 is 5.85. The van der Waals surface area contributed by atoms with E-state index in [4.69, 9.17) is 11.6 Å². The van der Waals surface area contributed by atoms with E-state index in [1.54, 1.807) is 0 Å². The Bertz CT molecular complexity index is 1060. The lowest BCUT2D eigenvalue weighted by atomic mass is 10.0. The predicted molar refractivity (Wildman–Crippen MR) is 98.2 cm³/mol. The molecule has 0 aliphatic carbocycles. The molecule has 1 amide bonds. The molecular formula is C18H17ClF5N5O2. The number of halogens is 6. The van der Waals surface area contributed by atoms with Gasteiger partial charge in [0, 0.05) is 12.6 Å². The summed E-state index contributed by atoms with van der Waals surface area (Å²) in [6, 6.07) is -0.249. The number of carbonyl (C=O) groups is 1. The third-order valence-corrected chi connectivity index (χ3v) is 5.90. The Morgan fingerprint density at radius 3 is 2.55 bits per heavy atom. The standard InChI is InChI=1S/C18H17ClF5N5O2/c19-15-9(18(22,23)24)4-5-25-12(15)8-28-17(31)29-13(2-1-3-14(29)26-28)16(30)27-6-10(20)11(21)7-27/h4-5,10-11,13H,1-3,6-8H2. The monoisotopic (exact) mass is 465 g/mol. The normalized spacial score (nSPS) is 23.8. The van der Waals surface area contributed by atoms with Crippen molar-refractivity contribution in [3.63, 3.8) is 0 Å². The molecule has 0 radical (unpaired) electrons. The third kappa shape index (κ3) is 3.92. The number of aromatic nitrogens is 4. The SMILES string of the molecule is O=C(C1CCCc2nn(Cc3nccc(C(F)(F)F)c3Cl)c(=O)n21)N1CC(F)C(F)C1. The predicted octanol–water partition coefficient (Wildman–Crippen LogP) is 2.56. The van der Waals surface area contributed by atoms with Crippen molar-refractivity contribution in [2.75, 3.05) is 13.1 Å². The van der Waals surface area contributed by atoms with Gasteiger partial charge in [-0.2, -0.15) is 18.3 Å². The Morgan fingerprint density at radius 1 is 1.23 bits per heavy atom. The Hall–Kier alpha value is -2.50. The number of nitrogens with zero attached hydrogens (tertiary/aromatic N) is 5. The summed E-state index contributed by atoms with van der Waals surface area (Å²) in [5.41, 5.74) is -2.01. The van der Waals surface area contributed by atoms with Gasteiger partial charge in [0.25, 0.3) is 0 Å². The number of likely N-dealkylation sites (tertiary alicyclic amines) is 1. The molecule has 1 fully saturated rings. The Morgan fingerprint density at radius 2 is 1.90 bits per heavy atom. The van der Waals surface area contributed by atoms with Crippen molar-refractivity contribution in [2.45, 2.75) is 50.4 Å². The molecular weight excluding hydrogens is 449 g/mol. The maximum absolute atomic E-state index is 13.5. The number of pyridine rings is 1. The van der Waals surface area contributed by atoms with Crippen LogP contribution in [0.2, 0.25) is 5.02 Å². The molecule has 13 heteroatoms. The van der Waals surface area contributed by atoms with Crippen molar-refractivity contribution in [1.82, 2.24) is 24.2 Å². The van der Waals surface area contributed by atoms with Crippen LogP contribution in [0.4, 0.5) is 22.0 Å². The molecule has 2 aromatic heterocycles. The number of amides is 1. The molecule has 3 atom stereocenters. The van der Waals surface area contributed by atoms with E-state index in [0.29, 0.717) is 12.8 Å². The first kappa shape index (κ1) is 21.7. The molecule has 4 rings (SSSR count). The van der Waals surface area contributed by atoms with Gasteiger partial charge >= 0.3 is 11.9 Å². The van der Waals surface area contributed by atoms with E-state index in [9.17, 15) is 31.5 Å². The number of hydrogen-bond donors (Lipinski definition) is 0. The number of rotatable bonds is 3. The summed E-state index contributed by atoms with van der Waals surface area (Å²) in [4.78, 5) is 30.6. The summed E-state index contributed by atoms with van der Waals surface area (Å²) < 4.78 is 68.3. The van der Waals surface area contributed by atoms with Gasteiger partial charge in [-0.05, 0) is 18.9 Å². The highest BCUT2D eigenvalue weighted by atomic mass is 35.5. The number of carbonyl (C=O) groups excluding carboxylic acids is 1. The van der Waals surface area contributed by atoms with Gasteiger partial charge in [0.15, 0.2) is 12.3 Å². The number of hydrogen-bond acceptors (Lipinski definition) is 4. The van der Waals surface area contributed by atoms with Crippen LogP contribution in [0.1, 0.15) is 36.0 Å². The third-order valence-electron chi connectivity index (χ3n) is 5.48. The lowest BCUT2D eigenvalue weighted by molar-refractivity contribution is -0.137. The Labute approximate surface area is 177 Å². The number of aryl methyl sites for hydroxylation is 1. The zero-order valence-electron chi connectivity index (χ0n) is 15.9. The highest BCUT2D eigenvalue weighted by molar-refractivity contribution is 6.32. The molecule has 7 nitrogen and oxygen atoms in total. The van der Waals surface area contributed by atoms with Gasteiger partial charge < -0.3 is 4.90 Å². The van der Waals surface area contributed by atoms with Crippen LogP contribution in [0.15, 0.2) is 17.1 Å². The summed E-state index contributed by atoms with van der Waals surface area (Å²) in [5, 5.41) is 3.50. The topological polar surface area (TPSA) is 73.0 Å². The first-order valence-corrected chi connectivity index (χ1v) is 9.91. The summed E-state index contributed by atoms with van der Waals surface area (Å²) in [5.74, 6) is -0.314. The van der Waals surface area contributed by atoms with Crippen LogP contribution >= 0.6 is 11.6 Å². The lowest BCUT2D eigenvalue weighted by Gasteiger charge is -2.26. The van der Waals surface area contributed by atoms with E-state index >= 15 is 0 Å². The number of alkyl halides is 5. The van der Waals surface area contributed by atoms with E-state index in [1.807, 2.05) is 0 Å². The van der Waals surface area contributed by atoms with Gasteiger partial charge in [0.1, 0.15) is 11.9 Å². The van der Waals surface area contributed by atoms with E-state index in [1.165, 1.54) is 0 Å². The maximum atomic E-state index is 13.5. The molecule has 2 aliphatic heterocycles. The molecule has 0 spiro atoms. The van der Waals surface area contributed by atoms with Crippen LogP contribution in [-0.2, 0) is 23.9 Å². The second-order valence-corrected chi connectivity index (χ2v) is 7.90. The molecule has 31 heavy (non-hydrogen) atoms. The molecule has 2 aromatic rings. The highest BCUT2D eigenvalue weighted by Gasteiger charge is 2.40. The minimum absolute atomic E-state index is 0.197. The fourth-order valence-corrected chi connectivity index (χ4v) is 4.22. The van der Waals surface area contributed by atoms with Crippen molar-refractivity contribution in [3.05, 3.63) is 44.9 Å². The van der Waals surface area contributed by atoms with Crippen molar-refractivity contribution in [1.29, 1.82) is 0 Å². The fourth-order valence-electron chi connectivity index (χ4n) is 3.94. The van der Waals surface area contributed by atoms with Gasteiger partial charge in [0.05, 0.1) is 35.9 Å². The van der Waals surface area contributed by atoms with Crippen molar-refractivity contribution >= 4 is 17.5 Å². The van der Waals surface area contributed by atoms with Gasteiger partial charge in [0.2, 0.25) is 5.91 Å². The molecule has 1 saturated heterocycles. The van der Waals surface area contributed by atoms with E-state index < -0.39 is 66.4 Å². The minimum atomic E-state index is -4.69. The van der Waals surface area contributed by atoms with E-state index in [2.05, 4.69) is 10.1 Å². The molecule has 0 saturated carbocycles. The van der Waals surface area contributed by atoms with Crippen LogP contribution in [0.25, 0.3) is 0 Å². The van der Waals surface area contributed by atoms with Crippen LogP contribution in [-0.4, -0.2) is 55.6 Å². The van der Waals surface area contributed by atoms with Crippen molar-refractivity contribution in [3.8, 4) is 0 Å². The zero-order valence-corrected chi connectivity index (χ0v) is 16.7. The van der Waals surface area contributed by atoms with E-state index in [0.717, 1.165) is 26.4 Å². The Balaban J connectivity index is 1.64. The fraction of sp³-hybridized carbons (Fsp3) is 0.556. The largest absolute Gasteiger partial charge is 0.417 e. The highest BCUT2D eigenvalue weighted by Crippen LogP contribution is 2.35. The molecule has 168 valence electrons. The molecule has 0 N–H and O–H groups in total. The van der Waals surface area contributed by atoms with Gasteiger partial charge in [-0.25, -0.2) is 18.3 Å². The maximum Gasteiger partial charge on any atom is 0.417 e. The average molecular weight is 466 g/mol. The smallest absolute Gasteiger partial charge is 0.335 e. The summed E-state index contributed by atoms with van der Waals surface area (Å²) in [7, 11) is 0. The van der Waals surface area contributed by atoms with Crippen LogP contribution < -0.4 is 5.69 Å².